The highest BCUT2D eigenvalue weighted by molar-refractivity contribution is 7.84. The maximum atomic E-state index is 12.5. The Kier molecular flexibility index (Phi) is 4.42. The Morgan fingerprint density at radius 2 is 1.93 bits per heavy atom. The first-order valence-electron chi connectivity index (χ1n) is 4.39. The summed E-state index contributed by atoms with van der Waals surface area (Å²) < 4.78 is 23.9. The van der Waals surface area contributed by atoms with Crippen molar-refractivity contribution in [2.75, 3.05) is 5.75 Å². The van der Waals surface area contributed by atoms with E-state index in [0.29, 0.717) is 0 Å². The van der Waals surface area contributed by atoms with E-state index in [1.165, 1.54) is 12.1 Å². The molecule has 0 saturated heterocycles. The zero-order valence-electron chi connectivity index (χ0n) is 7.98. The van der Waals surface area contributed by atoms with Gasteiger partial charge in [0.15, 0.2) is 0 Å². The average Bonchev–Trinajstić information content (AvgIpc) is 2.19. The van der Waals surface area contributed by atoms with Crippen molar-refractivity contribution in [2.45, 2.75) is 12.2 Å². The van der Waals surface area contributed by atoms with Gasteiger partial charge < -0.3 is 5.11 Å². The lowest BCUT2D eigenvalue weighted by Gasteiger charge is -2.00. The third-order valence-corrected chi connectivity index (χ3v) is 3.10. The maximum absolute atomic E-state index is 12.5. The topological polar surface area (TPSA) is 54.4 Å². The van der Waals surface area contributed by atoms with E-state index >= 15 is 0 Å². The van der Waals surface area contributed by atoms with Crippen LogP contribution >= 0.6 is 0 Å². The number of carboxylic acid groups (broad SMARTS) is 1. The zero-order valence-corrected chi connectivity index (χ0v) is 8.80. The van der Waals surface area contributed by atoms with Gasteiger partial charge in [-0.1, -0.05) is 12.1 Å². The van der Waals surface area contributed by atoms with Gasteiger partial charge in [0.25, 0.3) is 0 Å². The van der Waals surface area contributed by atoms with E-state index in [4.69, 9.17) is 5.11 Å². The molecule has 0 aliphatic rings. The van der Waals surface area contributed by atoms with Gasteiger partial charge >= 0.3 is 5.97 Å². The molecule has 1 unspecified atom stereocenters. The van der Waals surface area contributed by atoms with Gasteiger partial charge in [0.2, 0.25) is 0 Å². The van der Waals surface area contributed by atoms with Crippen LogP contribution in [0.15, 0.2) is 24.3 Å². The molecule has 0 radical (unpaired) electrons. The first-order chi connectivity index (χ1) is 7.08. The van der Waals surface area contributed by atoms with Crippen molar-refractivity contribution < 1.29 is 18.5 Å². The smallest absolute Gasteiger partial charge is 0.304 e. The summed E-state index contributed by atoms with van der Waals surface area (Å²) in [4.78, 5) is 10.2. The third-order valence-electron chi connectivity index (χ3n) is 1.78. The molecule has 5 heteroatoms. The fourth-order valence-corrected chi connectivity index (χ4v) is 2.15. The van der Waals surface area contributed by atoms with Crippen molar-refractivity contribution in [1.82, 2.24) is 0 Å². The Bertz CT molecular complexity index is 361. The fourth-order valence-electron chi connectivity index (χ4n) is 1.04. The predicted molar refractivity (Wildman–Crippen MR) is 55.4 cm³/mol. The van der Waals surface area contributed by atoms with Gasteiger partial charge in [-0.2, -0.15) is 0 Å². The van der Waals surface area contributed by atoms with Gasteiger partial charge in [-0.05, 0) is 17.7 Å². The predicted octanol–water partition coefficient (Wildman–Crippen LogP) is 1.55. The van der Waals surface area contributed by atoms with Gasteiger partial charge in [-0.15, -0.1) is 0 Å². The molecule has 1 aromatic rings. The molecule has 0 bridgehead atoms. The molecule has 1 N–H and O–H groups in total. The Balaban J connectivity index is 2.44. The van der Waals surface area contributed by atoms with Crippen molar-refractivity contribution >= 4 is 16.8 Å². The van der Waals surface area contributed by atoms with E-state index in [1.54, 1.807) is 12.1 Å². The zero-order chi connectivity index (χ0) is 11.3. The van der Waals surface area contributed by atoms with Crippen LogP contribution in [-0.4, -0.2) is 21.0 Å². The Hall–Kier alpha value is -1.23. The van der Waals surface area contributed by atoms with Crippen LogP contribution in [0, 0.1) is 5.82 Å². The second kappa shape index (κ2) is 5.60. The highest BCUT2D eigenvalue weighted by Crippen LogP contribution is 2.06. The molecule has 0 heterocycles. The molecule has 15 heavy (non-hydrogen) atoms. The summed E-state index contributed by atoms with van der Waals surface area (Å²) in [6.07, 6.45) is -0.103. The molecular formula is C10H11FO3S. The van der Waals surface area contributed by atoms with Crippen molar-refractivity contribution in [3.8, 4) is 0 Å². The van der Waals surface area contributed by atoms with Crippen molar-refractivity contribution in [3.63, 3.8) is 0 Å². The quantitative estimate of drug-likeness (QED) is 0.835. The van der Waals surface area contributed by atoms with E-state index in [0.717, 1.165) is 5.56 Å². The van der Waals surface area contributed by atoms with Crippen LogP contribution in [0.5, 0.6) is 0 Å². The SMILES string of the molecule is O=C(O)CCS(=O)Cc1ccc(F)cc1. The summed E-state index contributed by atoms with van der Waals surface area (Å²) >= 11 is 0. The number of benzene rings is 1. The molecule has 0 aliphatic heterocycles. The number of carboxylic acids is 1. The normalized spacial score (nSPS) is 12.3. The first-order valence-corrected chi connectivity index (χ1v) is 5.88. The van der Waals surface area contributed by atoms with Gasteiger partial charge in [0.05, 0.1) is 6.42 Å². The summed E-state index contributed by atoms with van der Waals surface area (Å²) in [7, 11) is -1.20. The van der Waals surface area contributed by atoms with Crippen LogP contribution in [0.25, 0.3) is 0 Å². The summed E-state index contributed by atoms with van der Waals surface area (Å²) in [5.41, 5.74) is 0.750. The highest BCUT2D eigenvalue weighted by Gasteiger charge is 2.05. The van der Waals surface area contributed by atoms with E-state index < -0.39 is 16.8 Å². The second-order valence-corrected chi connectivity index (χ2v) is 4.64. The number of carbonyl (C=O) groups is 1. The monoisotopic (exact) mass is 230 g/mol. The molecular weight excluding hydrogens is 219 g/mol. The minimum atomic E-state index is -1.20. The number of rotatable bonds is 5. The molecule has 3 nitrogen and oxygen atoms in total. The van der Waals surface area contributed by atoms with E-state index in [9.17, 15) is 13.4 Å². The highest BCUT2D eigenvalue weighted by atomic mass is 32.2. The number of hydrogen-bond donors (Lipinski definition) is 1. The Morgan fingerprint density at radius 1 is 1.33 bits per heavy atom. The van der Waals surface area contributed by atoms with Crippen LogP contribution < -0.4 is 0 Å². The van der Waals surface area contributed by atoms with Gasteiger partial charge in [0, 0.05) is 22.3 Å². The Morgan fingerprint density at radius 3 is 2.47 bits per heavy atom. The first kappa shape index (κ1) is 11.8. The van der Waals surface area contributed by atoms with Crippen molar-refractivity contribution in [2.24, 2.45) is 0 Å². The molecule has 0 fully saturated rings. The lowest BCUT2D eigenvalue weighted by atomic mass is 10.2. The minimum Gasteiger partial charge on any atom is -0.481 e. The molecule has 0 aromatic heterocycles. The summed E-state index contributed by atoms with van der Waals surface area (Å²) in [5, 5.41) is 8.38. The van der Waals surface area contributed by atoms with Gasteiger partial charge in [-0.25, -0.2) is 4.39 Å². The van der Waals surface area contributed by atoms with Crippen LogP contribution in [0.2, 0.25) is 0 Å². The van der Waals surface area contributed by atoms with Gasteiger partial charge in [0.1, 0.15) is 5.82 Å². The van der Waals surface area contributed by atoms with Crippen LogP contribution in [0.1, 0.15) is 12.0 Å². The third kappa shape index (κ3) is 4.69. The van der Waals surface area contributed by atoms with Crippen LogP contribution in [-0.2, 0) is 21.3 Å². The maximum Gasteiger partial charge on any atom is 0.304 e. The summed E-state index contributed by atoms with van der Waals surface area (Å²) in [6.45, 7) is 0. The standard InChI is InChI=1S/C10H11FO3S/c11-9-3-1-8(2-4-9)7-15(14)6-5-10(12)13/h1-4H,5-7H2,(H,12,13). The molecule has 82 valence electrons. The molecule has 0 spiro atoms. The summed E-state index contributed by atoms with van der Waals surface area (Å²) in [5.74, 6) is -0.891. The van der Waals surface area contributed by atoms with E-state index in [1.807, 2.05) is 0 Å². The van der Waals surface area contributed by atoms with Crippen LogP contribution in [0.3, 0.4) is 0 Å². The molecule has 1 atom stereocenters. The molecule has 0 aliphatic carbocycles. The average molecular weight is 230 g/mol. The number of hydrogen-bond acceptors (Lipinski definition) is 2. The minimum absolute atomic E-state index is 0.103. The summed E-state index contributed by atoms with van der Waals surface area (Å²) in [6, 6.07) is 5.69. The van der Waals surface area contributed by atoms with E-state index in [-0.39, 0.29) is 23.7 Å². The molecule has 1 aromatic carbocycles. The second-order valence-electron chi connectivity index (χ2n) is 3.06. The van der Waals surface area contributed by atoms with E-state index in [2.05, 4.69) is 0 Å². The molecule has 1 rings (SSSR count). The van der Waals surface area contributed by atoms with Gasteiger partial charge in [-0.3, -0.25) is 9.00 Å². The lowest BCUT2D eigenvalue weighted by Crippen LogP contribution is -2.06. The fraction of sp³-hybridized carbons (Fsp3) is 0.300. The van der Waals surface area contributed by atoms with Crippen molar-refractivity contribution in [1.29, 1.82) is 0 Å². The largest absolute Gasteiger partial charge is 0.481 e. The number of halogens is 1. The Labute approximate surface area is 89.4 Å². The number of aliphatic carboxylic acids is 1. The van der Waals surface area contributed by atoms with Crippen LogP contribution in [0.4, 0.5) is 4.39 Å². The lowest BCUT2D eigenvalue weighted by molar-refractivity contribution is -0.136. The molecule has 0 amide bonds. The van der Waals surface area contributed by atoms with Crippen molar-refractivity contribution in [3.05, 3.63) is 35.6 Å². The molecule has 0 saturated carbocycles.